The zero-order valence-electron chi connectivity index (χ0n) is 31.3. The molecule has 0 nitrogen and oxygen atoms in total. The quantitative estimate of drug-likeness (QED) is 0.115. The summed E-state index contributed by atoms with van der Waals surface area (Å²) in [6.07, 6.45) is 10.5. The van der Waals surface area contributed by atoms with Gasteiger partial charge >= 0.3 is 332 Å². The average molecular weight is 823 g/mol. The SMILES string of the molecule is CCCC1=Cc2c(-c3ccccc3)cccc2[CH]1[Zr]([Cl])([Cl])(=[C](Cc1ccccc1)Cc1ccccc1)[CH]1C(CCC)=Cc2c(-c3ccccc3)cccc21. The van der Waals surface area contributed by atoms with Crippen molar-refractivity contribution < 1.29 is 15.9 Å². The first-order chi connectivity index (χ1) is 26.4. The third kappa shape index (κ3) is 6.72. The van der Waals surface area contributed by atoms with E-state index in [9.17, 15) is 17.0 Å². The van der Waals surface area contributed by atoms with Gasteiger partial charge in [0.05, 0.1) is 0 Å². The second kappa shape index (κ2) is 15.7. The molecule has 0 N–H and O–H groups in total. The van der Waals surface area contributed by atoms with Gasteiger partial charge in [0, 0.05) is 0 Å². The van der Waals surface area contributed by atoms with Crippen LogP contribution in [0.15, 0.2) is 169 Å². The predicted octanol–water partition coefficient (Wildman–Crippen LogP) is 14.9. The van der Waals surface area contributed by atoms with Gasteiger partial charge in [-0.3, -0.25) is 0 Å². The van der Waals surface area contributed by atoms with E-state index < -0.39 is 15.9 Å². The molecule has 2 atom stereocenters. The normalized spacial score (nSPS) is 16.4. The van der Waals surface area contributed by atoms with Gasteiger partial charge in [-0.2, -0.15) is 0 Å². The topological polar surface area (TPSA) is 0 Å². The summed E-state index contributed by atoms with van der Waals surface area (Å²) in [6.45, 7) is 4.59. The number of fused-ring (bicyclic) bond motifs is 2. The van der Waals surface area contributed by atoms with E-state index in [4.69, 9.17) is 0 Å². The molecule has 0 spiro atoms. The average Bonchev–Trinajstić information content (AvgIpc) is 3.79. The summed E-state index contributed by atoms with van der Waals surface area (Å²) in [6, 6.07) is 57.3. The van der Waals surface area contributed by atoms with Gasteiger partial charge in [-0.05, 0) is 0 Å². The molecule has 2 aliphatic rings. The molecule has 0 radical (unpaired) electrons. The van der Waals surface area contributed by atoms with Crippen LogP contribution in [0, 0.1) is 0 Å². The van der Waals surface area contributed by atoms with E-state index in [1.165, 1.54) is 70.0 Å². The van der Waals surface area contributed by atoms with Crippen molar-refractivity contribution in [1.82, 2.24) is 0 Å². The summed E-state index contributed by atoms with van der Waals surface area (Å²) >= 11 is -5.55. The molecule has 8 rings (SSSR count). The maximum absolute atomic E-state index is 9.24. The zero-order valence-corrected chi connectivity index (χ0v) is 35.3. The molecule has 6 aromatic carbocycles. The number of hydrogen-bond donors (Lipinski definition) is 0. The van der Waals surface area contributed by atoms with E-state index >= 15 is 0 Å². The zero-order chi connectivity index (χ0) is 37.1. The molecule has 0 saturated heterocycles. The van der Waals surface area contributed by atoms with Crippen LogP contribution < -0.4 is 0 Å². The molecule has 0 heterocycles. The van der Waals surface area contributed by atoms with Crippen molar-refractivity contribution in [3.05, 3.63) is 202 Å². The van der Waals surface area contributed by atoms with Crippen LogP contribution in [-0.2, 0) is 28.8 Å². The molecule has 0 amide bonds. The van der Waals surface area contributed by atoms with Gasteiger partial charge in [-0.25, -0.2) is 0 Å². The molecule has 54 heavy (non-hydrogen) atoms. The van der Waals surface area contributed by atoms with Crippen LogP contribution in [0.25, 0.3) is 34.4 Å². The molecular weight excluding hydrogens is 775 g/mol. The van der Waals surface area contributed by atoms with Gasteiger partial charge in [0.15, 0.2) is 0 Å². The Kier molecular flexibility index (Phi) is 10.8. The Morgan fingerprint density at radius 2 is 0.833 bits per heavy atom. The molecule has 0 aromatic heterocycles. The molecule has 3 heteroatoms. The summed E-state index contributed by atoms with van der Waals surface area (Å²) in [7, 11) is 18.5. The van der Waals surface area contributed by atoms with Crippen molar-refractivity contribution in [3.63, 3.8) is 0 Å². The summed E-state index contributed by atoms with van der Waals surface area (Å²) in [5.41, 5.74) is 15.5. The Hall–Kier alpha value is -3.87. The molecule has 0 saturated carbocycles. The van der Waals surface area contributed by atoms with E-state index in [0.29, 0.717) is 0 Å². The van der Waals surface area contributed by atoms with E-state index in [1.807, 2.05) is 0 Å². The summed E-state index contributed by atoms with van der Waals surface area (Å²) < 4.78 is 1.19. The Morgan fingerprint density at radius 3 is 1.20 bits per heavy atom. The van der Waals surface area contributed by atoms with Crippen LogP contribution >= 0.6 is 17.0 Å². The van der Waals surface area contributed by atoms with Crippen LogP contribution in [0.2, 0.25) is 0 Å². The van der Waals surface area contributed by atoms with E-state index in [-0.39, 0.29) is 7.25 Å². The van der Waals surface area contributed by atoms with E-state index in [0.717, 1.165) is 38.5 Å². The molecule has 0 fully saturated rings. The van der Waals surface area contributed by atoms with Gasteiger partial charge in [-0.1, -0.05) is 0 Å². The van der Waals surface area contributed by atoms with Crippen molar-refractivity contribution in [1.29, 1.82) is 0 Å². The first kappa shape index (κ1) is 37.1. The molecular formula is C51H48Cl2Zr. The fraction of sp³-hybridized carbons (Fsp3) is 0.196. The van der Waals surface area contributed by atoms with Crippen LogP contribution in [0.1, 0.15) is 80.2 Å². The van der Waals surface area contributed by atoms with Crippen molar-refractivity contribution in [2.75, 3.05) is 0 Å². The van der Waals surface area contributed by atoms with Crippen molar-refractivity contribution >= 4 is 32.4 Å². The molecule has 270 valence electrons. The van der Waals surface area contributed by atoms with Crippen LogP contribution in [0.3, 0.4) is 0 Å². The summed E-state index contributed by atoms with van der Waals surface area (Å²) in [4.78, 5) is 0. The first-order valence-electron chi connectivity index (χ1n) is 19.7. The number of benzene rings is 6. The monoisotopic (exact) mass is 820 g/mol. The minimum absolute atomic E-state index is 0.0765. The Bertz CT molecular complexity index is 2240. The van der Waals surface area contributed by atoms with Crippen LogP contribution in [0.5, 0.6) is 0 Å². The number of halogens is 2. The van der Waals surface area contributed by atoms with E-state index in [1.54, 1.807) is 0 Å². The second-order valence-electron chi connectivity index (χ2n) is 15.2. The van der Waals surface area contributed by atoms with Gasteiger partial charge in [0.25, 0.3) is 0 Å². The van der Waals surface area contributed by atoms with Crippen molar-refractivity contribution in [3.8, 4) is 22.3 Å². The molecule has 2 aliphatic carbocycles. The maximum atomic E-state index is 9.24. The number of rotatable bonds is 12. The number of allylic oxidation sites excluding steroid dienone is 2. The first-order valence-corrected chi connectivity index (χ1v) is 30.1. The molecule has 0 aliphatic heterocycles. The van der Waals surface area contributed by atoms with Crippen molar-refractivity contribution in [2.45, 2.75) is 59.6 Å². The fourth-order valence-corrected chi connectivity index (χ4v) is 31.3. The molecule has 6 aromatic rings. The predicted molar refractivity (Wildman–Crippen MR) is 232 cm³/mol. The van der Waals surface area contributed by atoms with Gasteiger partial charge in [0.2, 0.25) is 0 Å². The van der Waals surface area contributed by atoms with Gasteiger partial charge in [0.1, 0.15) is 0 Å². The number of hydrogen-bond acceptors (Lipinski definition) is 0. The Balaban J connectivity index is 1.49. The minimum atomic E-state index is -5.55. The summed E-state index contributed by atoms with van der Waals surface area (Å²) in [5.74, 6) is 0. The van der Waals surface area contributed by atoms with E-state index in [2.05, 4.69) is 184 Å². The molecule has 2 unspecified atom stereocenters. The third-order valence-electron chi connectivity index (χ3n) is 11.8. The van der Waals surface area contributed by atoms with Gasteiger partial charge < -0.3 is 0 Å². The standard InChI is InChI=1S/2C18H17.C15H14.2ClH.Zr/c2*1-2-7-14-12-16-10-6-11-17(18(16)13-14)15-8-4-3-5-9-15;1-3-8-14(9-4-1)12-7-13-15-10-5-2-6-11-15;;;/h2*3-6,8-13H,2,7H2,1H3;1-6,8-11H,12-13H2;2*1H;/q;;;;;+2/p-2. The van der Waals surface area contributed by atoms with Crippen LogP contribution in [0.4, 0.5) is 0 Å². The van der Waals surface area contributed by atoms with Crippen LogP contribution in [-0.4, -0.2) is 3.21 Å². The van der Waals surface area contributed by atoms with Gasteiger partial charge in [-0.15, -0.1) is 0 Å². The summed E-state index contributed by atoms with van der Waals surface area (Å²) in [5, 5.41) is 0. The Morgan fingerprint density at radius 1 is 0.463 bits per heavy atom. The van der Waals surface area contributed by atoms with Crippen molar-refractivity contribution in [2.24, 2.45) is 0 Å². The fourth-order valence-electron chi connectivity index (χ4n) is 9.59. The Labute approximate surface area is 329 Å². The third-order valence-corrected chi connectivity index (χ3v) is 32.9. The second-order valence-corrected chi connectivity index (χ2v) is 36.3. The molecule has 0 bridgehead atoms.